The van der Waals surface area contributed by atoms with E-state index in [1.165, 1.54) is 11.1 Å². The zero-order valence-corrected chi connectivity index (χ0v) is 10.9. The van der Waals surface area contributed by atoms with Crippen molar-refractivity contribution in [1.29, 1.82) is 0 Å². The van der Waals surface area contributed by atoms with Crippen molar-refractivity contribution in [3.8, 4) is 0 Å². The monoisotopic (exact) mass is 264 g/mol. The zero-order valence-electron chi connectivity index (χ0n) is 9.32. The predicted molar refractivity (Wildman–Crippen MR) is 71.7 cm³/mol. The molecule has 2 aromatic rings. The molecule has 1 aliphatic rings. The Morgan fingerprint density at radius 1 is 1.18 bits per heavy atom. The maximum absolute atomic E-state index is 10.8. The zero-order chi connectivity index (χ0) is 11.9. The highest BCUT2D eigenvalue weighted by atomic mass is 35.5. The van der Waals surface area contributed by atoms with Gasteiger partial charge in [0.05, 0.1) is 9.90 Å². The molecule has 0 bridgehead atoms. The highest BCUT2D eigenvalue weighted by molar-refractivity contribution is 7.10. The molecule has 1 aliphatic carbocycles. The Morgan fingerprint density at radius 2 is 1.94 bits per heavy atom. The second-order valence-electron chi connectivity index (χ2n) is 4.57. The first-order valence-electron chi connectivity index (χ1n) is 5.72. The van der Waals surface area contributed by atoms with E-state index < -0.39 is 5.60 Å². The van der Waals surface area contributed by atoms with Crippen LogP contribution in [0.25, 0.3) is 0 Å². The van der Waals surface area contributed by atoms with E-state index in [4.69, 9.17) is 11.6 Å². The minimum Gasteiger partial charge on any atom is -0.384 e. The minimum atomic E-state index is -0.778. The molecular weight excluding hydrogens is 252 g/mol. The van der Waals surface area contributed by atoms with Gasteiger partial charge in [0.1, 0.15) is 5.60 Å². The van der Waals surface area contributed by atoms with Gasteiger partial charge in [0.25, 0.3) is 0 Å². The third-order valence-electron chi connectivity index (χ3n) is 3.45. The molecule has 0 amide bonds. The molecule has 0 saturated heterocycles. The molecule has 3 heteroatoms. The molecule has 0 saturated carbocycles. The van der Waals surface area contributed by atoms with Crippen LogP contribution in [0.3, 0.4) is 0 Å². The lowest BCUT2D eigenvalue weighted by atomic mass is 9.79. The Bertz CT molecular complexity index is 549. The summed E-state index contributed by atoms with van der Waals surface area (Å²) >= 11 is 7.69. The number of aliphatic hydroxyl groups is 1. The second-order valence-corrected chi connectivity index (χ2v) is 5.90. The molecule has 17 heavy (non-hydrogen) atoms. The number of aryl methyl sites for hydroxylation is 1. The predicted octanol–water partition coefficient (Wildman–Crippen LogP) is 3.78. The maximum Gasteiger partial charge on any atom is 0.105 e. The van der Waals surface area contributed by atoms with Crippen LogP contribution in [0.5, 0.6) is 0 Å². The van der Waals surface area contributed by atoms with E-state index in [0.29, 0.717) is 11.4 Å². The summed E-state index contributed by atoms with van der Waals surface area (Å²) in [5.74, 6) is 0. The van der Waals surface area contributed by atoms with Crippen LogP contribution >= 0.6 is 22.9 Å². The number of fused-ring (bicyclic) bond motifs is 1. The van der Waals surface area contributed by atoms with Crippen molar-refractivity contribution in [2.24, 2.45) is 0 Å². The van der Waals surface area contributed by atoms with E-state index in [2.05, 4.69) is 18.2 Å². The molecular formula is C14H13ClOS. The largest absolute Gasteiger partial charge is 0.384 e. The molecule has 1 nitrogen and oxygen atoms in total. The summed E-state index contributed by atoms with van der Waals surface area (Å²) in [5, 5.41) is 13.4. The number of rotatable bonds is 1. The summed E-state index contributed by atoms with van der Waals surface area (Å²) in [6.45, 7) is 0. The van der Waals surface area contributed by atoms with Gasteiger partial charge >= 0.3 is 0 Å². The van der Waals surface area contributed by atoms with Crippen LogP contribution in [0, 0.1) is 0 Å². The molecule has 1 aromatic heterocycles. The quantitative estimate of drug-likeness (QED) is 0.831. The van der Waals surface area contributed by atoms with Gasteiger partial charge in [-0.3, -0.25) is 0 Å². The fraction of sp³-hybridized carbons (Fsp3) is 0.286. The summed E-state index contributed by atoms with van der Waals surface area (Å²) in [5.41, 5.74) is 1.81. The third kappa shape index (κ3) is 1.90. The summed E-state index contributed by atoms with van der Waals surface area (Å²) in [6.07, 6.45) is 2.34. The minimum absolute atomic E-state index is 0.670. The fourth-order valence-electron chi connectivity index (χ4n) is 2.54. The lowest BCUT2D eigenvalue weighted by Crippen LogP contribution is -2.32. The molecule has 0 radical (unpaired) electrons. The number of thiophene rings is 1. The molecule has 1 atom stereocenters. The average molecular weight is 265 g/mol. The van der Waals surface area contributed by atoms with E-state index >= 15 is 0 Å². The van der Waals surface area contributed by atoms with Crippen molar-refractivity contribution in [2.75, 3.05) is 0 Å². The van der Waals surface area contributed by atoms with Crippen LogP contribution in [-0.4, -0.2) is 5.11 Å². The van der Waals surface area contributed by atoms with Gasteiger partial charge in [-0.15, -0.1) is 11.3 Å². The molecule has 1 N–H and O–H groups in total. The molecule has 0 spiro atoms. The van der Waals surface area contributed by atoms with Crippen LogP contribution in [0.15, 0.2) is 35.7 Å². The fourth-order valence-corrected chi connectivity index (χ4v) is 3.90. The molecule has 0 aliphatic heterocycles. The second kappa shape index (κ2) is 4.13. The smallest absolute Gasteiger partial charge is 0.105 e. The Labute approximate surface area is 110 Å². The number of halogens is 1. The van der Waals surface area contributed by atoms with Gasteiger partial charge in [0.2, 0.25) is 0 Å². The van der Waals surface area contributed by atoms with E-state index in [1.54, 1.807) is 11.3 Å². The van der Waals surface area contributed by atoms with Crippen molar-refractivity contribution in [3.05, 3.63) is 56.7 Å². The van der Waals surface area contributed by atoms with Crippen LogP contribution in [0.2, 0.25) is 5.02 Å². The van der Waals surface area contributed by atoms with Gasteiger partial charge in [-0.1, -0.05) is 35.9 Å². The van der Waals surface area contributed by atoms with Crippen LogP contribution in [0.4, 0.5) is 0 Å². The molecule has 0 fully saturated rings. The Hall–Kier alpha value is -0.830. The third-order valence-corrected chi connectivity index (χ3v) is 4.98. The molecule has 3 rings (SSSR count). The van der Waals surface area contributed by atoms with Gasteiger partial charge in [-0.25, -0.2) is 0 Å². The maximum atomic E-state index is 10.8. The molecule has 1 unspecified atom stereocenters. The highest BCUT2D eigenvalue weighted by Gasteiger charge is 2.36. The molecule has 88 valence electrons. The van der Waals surface area contributed by atoms with E-state index in [-0.39, 0.29) is 0 Å². The standard InChI is InChI=1S/C14H13ClOS/c15-12-6-8-17-13(12)14(16)7-5-10-3-1-2-4-11(10)9-14/h1-4,6,8,16H,5,7,9H2. The van der Waals surface area contributed by atoms with Gasteiger partial charge in [0, 0.05) is 6.42 Å². The van der Waals surface area contributed by atoms with E-state index in [9.17, 15) is 5.11 Å². The normalized spacial score (nSPS) is 23.4. The topological polar surface area (TPSA) is 20.2 Å². The highest BCUT2D eigenvalue weighted by Crippen LogP contribution is 2.41. The van der Waals surface area contributed by atoms with Gasteiger partial charge in [-0.05, 0) is 35.4 Å². The molecule has 1 heterocycles. The van der Waals surface area contributed by atoms with Crippen molar-refractivity contribution in [3.63, 3.8) is 0 Å². The molecule has 1 aromatic carbocycles. The van der Waals surface area contributed by atoms with Crippen LogP contribution in [0.1, 0.15) is 22.4 Å². The van der Waals surface area contributed by atoms with Gasteiger partial charge < -0.3 is 5.11 Å². The lowest BCUT2D eigenvalue weighted by molar-refractivity contribution is 0.0260. The van der Waals surface area contributed by atoms with E-state index in [1.807, 2.05) is 17.5 Å². The number of hydrogen-bond donors (Lipinski definition) is 1. The summed E-state index contributed by atoms with van der Waals surface area (Å²) in [4.78, 5) is 0.911. The Morgan fingerprint density at radius 3 is 2.65 bits per heavy atom. The summed E-state index contributed by atoms with van der Waals surface area (Å²) in [6, 6.07) is 10.2. The first-order chi connectivity index (χ1) is 8.19. The first kappa shape index (κ1) is 11.3. The van der Waals surface area contributed by atoms with Crippen LogP contribution < -0.4 is 0 Å². The summed E-state index contributed by atoms with van der Waals surface area (Å²) < 4.78 is 0. The van der Waals surface area contributed by atoms with Crippen LogP contribution in [-0.2, 0) is 18.4 Å². The summed E-state index contributed by atoms with van der Waals surface area (Å²) in [7, 11) is 0. The van der Waals surface area contributed by atoms with E-state index in [0.717, 1.165) is 17.7 Å². The van der Waals surface area contributed by atoms with Gasteiger partial charge in [0.15, 0.2) is 0 Å². The first-order valence-corrected chi connectivity index (χ1v) is 6.97. The van der Waals surface area contributed by atoms with Crippen molar-refractivity contribution in [2.45, 2.75) is 24.9 Å². The van der Waals surface area contributed by atoms with Crippen molar-refractivity contribution in [1.82, 2.24) is 0 Å². The lowest BCUT2D eigenvalue weighted by Gasteiger charge is -2.33. The Balaban J connectivity index is 2.01. The number of benzene rings is 1. The SMILES string of the molecule is OC1(c2sccc2Cl)CCc2ccccc2C1. The number of hydrogen-bond acceptors (Lipinski definition) is 2. The Kier molecular flexibility index (Phi) is 2.74. The average Bonchev–Trinajstić information content (AvgIpc) is 2.76. The van der Waals surface area contributed by atoms with Gasteiger partial charge in [-0.2, -0.15) is 0 Å². The van der Waals surface area contributed by atoms with Crippen molar-refractivity contribution < 1.29 is 5.11 Å². The van der Waals surface area contributed by atoms with Crippen molar-refractivity contribution >= 4 is 22.9 Å².